The first-order valence-corrected chi connectivity index (χ1v) is 12.4. The van der Waals surface area contributed by atoms with Gasteiger partial charge in [0.1, 0.15) is 12.3 Å². The van der Waals surface area contributed by atoms with E-state index in [1.54, 1.807) is 4.90 Å². The van der Waals surface area contributed by atoms with E-state index in [4.69, 9.17) is 6.11 Å². The Morgan fingerprint density at radius 1 is 1.00 bits per heavy atom. The van der Waals surface area contributed by atoms with Gasteiger partial charge in [-0.05, 0) is 69.4 Å². The fraction of sp³-hybridized carbons (Fsp3) is 0.481. The maximum absolute atomic E-state index is 13.9. The third kappa shape index (κ3) is 8.00. The summed E-state index contributed by atoms with van der Waals surface area (Å²) in [5.41, 5.74) is -1.56. The lowest BCUT2D eigenvalue weighted by Gasteiger charge is -2.42. The molecule has 4 rings (SSSR count). The van der Waals surface area contributed by atoms with Crippen molar-refractivity contribution in [1.82, 2.24) is 14.7 Å². The monoisotopic (exact) mass is 591 g/mol. The molecule has 216 valence electrons. The molecule has 2 aromatic carbocycles. The number of piperidine rings is 1. The molecule has 2 saturated heterocycles. The highest BCUT2D eigenvalue weighted by molar-refractivity contribution is 6.09. The molecule has 0 spiro atoms. The Labute approximate surface area is 241 Å². The molecule has 39 heavy (non-hydrogen) atoms. The molecule has 0 saturated carbocycles. The Bertz CT molecular complexity index is 1160. The molecule has 2 fully saturated rings. The largest absolute Gasteiger partial charge is 0.497 e. The molecule has 7 nitrogen and oxygen atoms in total. The zero-order chi connectivity index (χ0) is 27.4. The number of hydrogen-bond acceptors (Lipinski definition) is 5. The van der Waals surface area contributed by atoms with E-state index in [9.17, 15) is 22.8 Å². The normalized spacial score (nSPS) is 17.5. The zero-order valence-corrected chi connectivity index (χ0v) is 23.6. The van der Waals surface area contributed by atoms with E-state index in [0.717, 1.165) is 36.9 Å². The number of carbonyl (C=O) groups excluding carboxylic acids is 2. The highest BCUT2D eigenvalue weighted by Crippen LogP contribution is 2.37. The van der Waals surface area contributed by atoms with Gasteiger partial charge in [0.05, 0.1) is 19.7 Å². The molecule has 2 heterocycles. The summed E-state index contributed by atoms with van der Waals surface area (Å²) in [4.78, 5) is 34.0. The zero-order valence-electron chi connectivity index (χ0n) is 22.9. The minimum Gasteiger partial charge on any atom is -0.497 e. The van der Waals surface area contributed by atoms with Gasteiger partial charge in [-0.15, -0.1) is 24.8 Å². The lowest BCUT2D eigenvalue weighted by Crippen LogP contribution is -2.55. The molecule has 0 aromatic heterocycles. The molecule has 0 unspecified atom stereocenters. The van der Waals surface area contributed by atoms with Crippen LogP contribution in [0.2, 0.25) is 0 Å². The van der Waals surface area contributed by atoms with E-state index >= 15 is 0 Å². The second-order valence-electron chi connectivity index (χ2n) is 9.50. The number of alkyl halides is 3. The quantitative estimate of drug-likeness (QED) is 0.497. The van der Waals surface area contributed by atoms with Crippen LogP contribution in [-0.4, -0.2) is 92.5 Å². The van der Waals surface area contributed by atoms with Crippen molar-refractivity contribution in [3.8, 4) is 5.75 Å². The van der Waals surface area contributed by atoms with Gasteiger partial charge in [-0.1, -0.05) is 12.1 Å². The molecule has 0 radical (unpaired) electrons. The first kappa shape index (κ1) is 31.0. The summed E-state index contributed by atoms with van der Waals surface area (Å²) in [6, 6.07) is 9.06. The summed E-state index contributed by atoms with van der Waals surface area (Å²) >= 11 is 0. The first-order chi connectivity index (χ1) is 18.1. The number of ether oxygens (including phenoxy) is 1. The molecular formula is C27H35Cl2F3N4O3. The van der Waals surface area contributed by atoms with Crippen molar-refractivity contribution in [1.29, 1.82) is 0 Å². The number of carbonyl (C=O) groups is 2. The van der Waals surface area contributed by atoms with Crippen molar-refractivity contribution in [2.45, 2.75) is 25.1 Å². The van der Waals surface area contributed by atoms with E-state index < -0.39 is 35.8 Å². The van der Waals surface area contributed by atoms with Crippen LogP contribution < -0.4 is 9.64 Å². The number of amides is 2. The van der Waals surface area contributed by atoms with Crippen LogP contribution >= 0.6 is 24.8 Å². The van der Waals surface area contributed by atoms with Crippen LogP contribution in [0.1, 0.15) is 30.1 Å². The second-order valence-corrected chi connectivity index (χ2v) is 9.50. The molecule has 0 aliphatic carbocycles. The third-order valence-electron chi connectivity index (χ3n) is 7.16. The van der Waals surface area contributed by atoms with Crippen LogP contribution in [0.5, 0.6) is 5.75 Å². The fourth-order valence-corrected chi connectivity index (χ4v) is 4.96. The number of piperazine rings is 1. The maximum Gasteiger partial charge on any atom is 0.418 e. The summed E-state index contributed by atoms with van der Waals surface area (Å²) < 4.78 is 55.0. The van der Waals surface area contributed by atoms with Crippen LogP contribution in [0.4, 0.5) is 18.9 Å². The standard InChI is InChI=1S/C27H33F3N4O3.2ClH/c1-31-13-11-21(12-14-31)32-15-17-33(18-16-32)25(35)19-34(24-6-4-3-5-23(24)27(28,29)30)26(36)20-7-9-22(37-2)10-8-20;;/h3-10,21H,11-19H2,1-2H3;2*1H/i7D;;. The average molecular weight is 593 g/mol. The molecule has 2 aromatic rings. The molecule has 0 N–H and O–H groups in total. The van der Waals surface area contributed by atoms with Gasteiger partial charge in [-0.3, -0.25) is 19.4 Å². The molecule has 0 atom stereocenters. The van der Waals surface area contributed by atoms with E-state index in [0.29, 0.717) is 38.0 Å². The van der Waals surface area contributed by atoms with Crippen molar-refractivity contribution in [2.75, 3.05) is 64.9 Å². The predicted octanol–water partition coefficient (Wildman–Crippen LogP) is 4.44. The Kier molecular flexibility index (Phi) is 11.3. The van der Waals surface area contributed by atoms with E-state index in [-0.39, 0.29) is 36.4 Å². The lowest BCUT2D eigenvalue weighted by atomic mass is 10.0. The molecule has 2 aliphatic heterocycles. The Hall–Kier alpha value is -2.53. The van der Waals surface area contributed by atoms with Gasteiger partial charge >= 0.3 is 6.18 Å². The SMILES string of the molecule is Cl.Cl.[2H]c1cc(OC)ccc1C(=O)N(CC(=O)N1CCN(C2CCN(C)CC2)CC1)c1ccccc1C(F)(F)F. The summed E-state index contributed by atoms with van der Waals surface area (Å²) in [5.74, 6) is -0.946. The summed E-state index contributed by atoms with van der Waals surface area (Å²) in [5, 5.41) is 0. The van der Waals surface area contributed by atoms with Gasteiger partial charge < -0.3 is 14.5 Å². The minimum atomic E-state index is -4.73. The van der Waals surface area contributed by atoms with Gasteiger partial charge in [0.2, 0.25) is 5.91 Å². The van der Waals surface area contributed by atoms with Gasteiger partial charge in [0, 0.05) is 37.8 Å². The minimum absolute atomic E-state index is 0. The van der Waals surface area contributed by atoms with Crippen LogP contribution in [-0.2, 0) is 11.0 Å². The van der Waals surface area contributed by atoms with E-state index in [1.807, 2.05) is 0 Å². The Morgan fingerprint density at radius 2 is 1.64 bits per heavy atom. The molecule has 12 heteroatoms. The van der Waals surface area contributed by atoms with Gasteiger partial charge in [-0.2, -0.15) is 13.2 Å². The van der Waals surface area contributed by atoms with E-state index in [2.05, 4.69) is 16.8 Å². The summed E-state index contributed by atoms with van der Waals surface area (Å²) in [6.45, 7) is 3.75. The van der Waals surface area contributed by atoms with E-state index in [1.165, 1.54) is 43.5 Å². The van der Waals surface area contributed by atoms with Gasteiger partial charge in [0.25, 0.3) is 5.91 Å². The number of para-hydroxylation sites is 1. The van der Waals surface area contributed by atoms with Crippen molar-refractivity contribution >= 4 is 42.3 Å². The summed E-state index contributed by atoms with van der Waals surface area (Å²) in [6.07, 6.45) is -2.60. The molecular weight excluding hydrogens is 556 g/mol. The first-order valence-electron chi connectivity index (χ1n) is 12.9. The number of rotatable bonds is 6. The molecule has 0 bridgehead atoms. The van der Waals surface area contributed by atoms with Crippen LogP contribution in [0.25, 0.3) is 0 Å². The number of nitrogens with zero attached hydrogens (tertiary/aromatic N) is 4. The number of benzene rings is 2. The fourth-order valence-electron chi connectivity index (χ4n) is 4.96. The van der Waals surface area contributed by atoms with Crippen LogP contribution in [0.3, 0.4) is 0 Å². The van der Waals surface area contributed by atoms with Crippen molar-refractivity contribution < 1.29 is 28.9 Å². The smallest absolute Gasteiger partial charge is 0.418 e. The second kappa shape index (κ2) is 14.2. The average Bonchev–Trinajstić information content (AvgIpc) is 2.91. The third-order valence-corrected chi connectivity index (χ3v) is 7.16. The van der Waals surface area contributed by atoms with Crippen molar-refractivity contribution in [3.05, 3.63) is 59.6 Å². The number of anilines is 1. The predicted molar refractivity (Wildman–Crippen MR) is 149 cm³/mol. The van der Waals surface area contributed by atoms with Crippen LogP contribution in [0, 0.1) is 0 Å². The lowest BCUT2D eigenvalue weighted by molar-refractivity contribution is -0.137. The van der Waals surface area contributed by atoms with Crippen molar-refractivity contribution in [2.24, 2.45) is 0 Å². The number of likely N-dealkylation sites (tertiary alicyclic amines) is 1. The molecule has 2 amide bonds. The van der Waals surface area contributed by atoms with Gasteiger partial charge in [-0.25, -0.2) is 0 Å². The molecule has 2 aliphatic rings. The maximum atomic E-state index is 13.9. The number of methoxy groups -OCH3 is 1. The van der Waals surface area contributed by atoms with Gasteiger partial charge in [0.15, 0.2) is 0 Å². The Morgan fingerprint density at radius 3 is 2.23 bits per heavy atom. The number of hydrogen-bond donors (Lipinski definition) is 0. The highest BCUT2D eigenvalue weighted by atomic mass is 35.5. The number of halogens is 5. The van der Waals surface area contributed by atoms with Crippen LogP contribution in [0.15, 0.2) is 48.5 Å². The summed E-state index contributed by atoms with van der Waals surface area (Å²) in [7, 11) is 3.51. The highest BCUT2D eigenvalue weighted by Gasteiger charge is 2.37. The van der Waals surface area contributed by atoms with Crippen molar-refractivity contribution in [3.63, 3.8) is 0 Å². The topological polar surface area (TPSA) is 56.3 Å². The Balaban J connectivity index is 0.00000280.